The van der Waals surface area contributed by atoms with Crippen LogP contribution in [-0.2, 0) is 17.5 Å². The number of hydrogen-bond acceptors (Lipinski definition) is 2. The van der Waals surface area contributed by atoms with Crippen LogP contribution >= 0.6 is 0 Å². The summed E-state index contributed by atoms with van der Waals surface area (Å²) >= 11 is 0. The van der Waals surface area contributed by atoms with Crippen LogP contribution in [0.5, 0.6) is 0 Å². The maximum Gasteiger partial charge on any atom is 0.449 e. The number of para-hydroxylation sites is 2. The lowest BCUT2D eigenvalue weighted by Crippen LogP contribution is -2.23. The molecule has 9 heteroatoms. The van der Waals surface area contributed by atoms with Gasteiger partial charge in [0.1, 0.15) is 6.54 Å². The Morgan fingerprint density at radius 2 is 1.80 bits per heavy atom. The van der Waals surface area contributed by atoms with E-state index in [1.54, 1.807) is 0 Å². The quantitative estimate of drug-likeness (QED) is 0.723. The van der Waals surface area contributed by atoms with E-state index in [4.69, 9.17) is 0 Å². The largest absolute Gasteiger partial charge is 0.449 e. The summed E-state index contributed by atoms with van der Waals surface area (Å²) in [5.41, 5.74) is 0.160. The fourth-order valence-corrected chi connectivity index (χ4v) is 2.37. The summed E-state index contributed by atoms with van der Waals surface area (Å²) in [6.45, 7) is -0.686. The topological polar surface area (TPSA) is 46.9 Å². The van der Waals surface area contributed by atoms with Gasteiger partial charge in [0.05, 0.1) is 11.0 Å². The maximum atomic E-state index is 13.2. The molecule has 0 atom stereocenters. The summed E-state index contributed by atoms with van der Waals surface area (Å²) in [7, 11) is 0. The number of benzene rings is 2. The molecule has 0 spiro atoms. The lowest BCUT2D eigenvalue weighted by Gasteiger charge is -2.12. The number of rotatable bonds is 3. The van der Waals surface area contributed by atoms with Crippen molar-refractivity contribution in [2.75, 3.05) is 5.32 Å². The van der Waals surface area contributed by atoms with Crippen LogP contribution in [0, 0.1) is 11.6 Å². The third-order valence-corrected chi connectivity index (χ3v) is 3.41. The van der Waals surface area contributed by atoms with E-state index in [2.05, 4.69) is 10.3 Å². The number of alkyl halides is 3. The van der Waals surface area contributed by atoms with E-state index in [0.717, 1.165) is 22.8 Å². The van der Waals surface area contributed by atoms with Crippen LogP contribution in [0.3, 0.4) is 0 Å². The Balaban J connectivity index is 1.91. The van der Waals surface area contributed by atoms with Crippen molar-refractivity contribution in [2.24, 2.45) is 0 Å². The normalized spacial score (nSPS) is 11.7. The molecule has 0 fully saturated rings. The highest BCUT2D eigenvalue weighted by molar-refractivity contribution is 5.91. The van der Waals surface area contributed by atoms with Gasteiger partial charge < -0.3 is 9.88 Å². The monoisotopic (exact) mass is 355 g/mol. The first-order valence-electron chi connectivity index (χ1n) is 7.03. The van der Waals surface area contributed by atoms with Gasteiger partial charge in [-0.15, -0.1) is 0 Å². The van der Waals surface area contributed by atoms with E-state index in [1.165, 1.54) is 24.3 Å². The second-order valence-corrected chi connectivity index (χ2v) is 5.19. The van der Waals surface area contributed by atoms with Crippen molar-refractivity contribution in [3.8, 4) is 0 Å². The van der Waals surface area contributed by atoms with Crippen LogP contribution in [-0.4, -0.2) is 15.5 Å². The second kappa shape index (κ2) is 6.15. The maximum absolute atomic E-state index is 13.2. The molecule has 25 heavy (non-hydrogen) atoms. The number of carbonyl (C=O) groups excluding carboxylic acids is 1. The van der Waals surface area contributed by atoms with Crippen LogP contribution in [0.2, 0.25) is 0 Å². The molecule has 0 aliphatic rings. The van der Waals surface area contributed by atoms with Crippen molar-refractivity contribution in [3.05, 3.63) is 59.9 Å². The highest BCUT2D eigenvalue weighted by Gasteiger charge is 2.38. The Morgan fingerprint density at radius 1 is 1.08 bits per heavy atom. The third kappa shape index (κ3) is 3.44. The zero-order valence-electron chi connectivity index (χ0n) is 12.4. The highest BCUT2D eigenvalue weighted by atomic mass is 19.4. The number of imidazole rings is 1. The Labute approximate surface area is 137 Å². The molecule has 0 aliphatic heterocycles. The Kier molecular flexibility index (Phi) is 4.15. The first-order valence-corrected chi connectivity index (χ1v) is 7.03. The van der Waals surface area contributed by atoms with Gasteiger partial charge in [-0.2, -0.15) is 13.2 Å². The van der Waals surface area contributed by atoms with Crippen LogP contribution in [0.25, 0.3) is 11.0 Å². The molecule has 0 saturated heterocycles. The van der Waals surface area contributed by atoms with Crippen molar-refractivity contribution in [1.82, 2.24) is 9.55 Å². The molecule has 0 unspecified atom stereocenters. The van der Waals surface area contributed by atoms with E-state index >= 15 is 0 Å². The Morgan fingerprint density at radius 3 is 2.48 bits per heavy atom. The van der Waals surface area contributed by atoms with Gasteiger partial charge in [0, 0.05) is 11.8 Å². The number of carbonyl (C=O) groups is 1. The fourth-order valence-electron chi connectivity index (χ4n) is 2.37. The summed E-state index contributed by atoms with van der Waals surface area (Å²) in [6, 6.07) is 8.50. The second-order valence-electron chi connectivity index (χ2n) is 5.19. The molecular weight excluding hydrogens is 345 g/mol. The molecular formula is C16H10F5N3O. The summed E-state index contributed by atoms with van der Waals surface area (Å²) < 4.78 is 66.2. The van der Waals surface area contributed by atoms with Gasteiger partial charge in [0.2, 0.25) is 11.7 Å². The average Bonchev–Trinajstić information content (AvgIpc) is 2.90. The van der Waals surface area contributed by atoms with Crippen molar-refractivity contribution in [3.63, 3.8) is 0 Å². The van der Waals surface area contributed by atoms with E-state index in [9.17, 15) is 26.7 Å². The van der Waals surface area contributed by atoms with Crippen LogP contribution in [0.15, 0.2) is 42.5 Å². The number of anilines is 1. The van der Waals surface area contributed by atoms with Gasteiger partial charge in [0.25, 0.3) is 0 Å². The number of aromatic nitrogens is 2. The predicted octanol–water partition coefficient (Wildman–Crippen LogP) is 3.97. The number of hydrogen-bond donors (Lipinski definition) is 1. The molecule has 0 saturated carbocycles. The van der Waals surface area contributed by atoms with Crippen LogP contribution in [0.4, 0.5) is 27.6 Å². The minimum absolute atomic E-state index is 0.0677. The number of amides is 1. The highest BCUT2D eigenvalue weighted by Crippen LogP contribution is 2.31. The molecule has 1 amide bonds. The minimum atomic E-state index is -4.75. The molecule has 1 N–H and O–H groups in total. The molecule has 1 heterocycles. The number of nitrogens with one attached hydrogen (secondary N) is 1. The van der Waals surface area contributed by atoms with Gasteiger partial charge in [-0.05, 0) is 24.3 Å². The molecule has 3 rings (SSSR count). The number of halogens is 5. The van der Waals surface area contributed by atoms with Crippen molar-refractivity contribution in [2.45, 2.75) is 12.7 Å². The fraction of sp³-hybridized carbons (Fsp3) is 0.125. The van der Waals surface area contributed by atoms with Crippen molar-refractivity contribution < 1.29 is 26.7 Å². The van der Waals surface area contributed by atoms with Crippen LogP contribution < -0.4 is 5.32 Å². The average molecular weight is 355 g/mol. The molecule has 130 valence electrons. The summed E-state index contributed by atoms with van der Waals surface area (Å²) in [6.07, 6.45) is -4.75. The SMILES string of the molecule is O=C(Cn1c(C(F)(F)F)nc2ccccc21)Nc1ccc(F)c(F)c1. The zero-order valence-corrected chi connectivity index (χ0v) is 12.4. The molecule has 0 aliphatic carbocycles. The predicted molar refractivity (Wildman–Crippen MR) is 79.7 cm³/mol. The molecule has 0 radical (unpaired) electrons. The summed E-state index contributed by atoms with van der Waals surface area (Å²) in [5.74, 6) is -4.33. The standard InChI is InChI=1S/C16H10F5N3O/c17-10-6-5-9(7-11(10)18)22-14(25)8-24-13-4-2-1-3-12(13)23-15(24)16(19,20)21/h1-7H,8H2,(H,22,25). The Hall–Kier alpha value is -2.97. The van der Waals surface area contributed by atoms with Crippen LogP contribution in [0.1, 0.15) is 5.82 Å². The zero-order chi connectivity index (χ0) is 18.2. The molecule has 4 nitrogen and oxygen atoms in total. The number of nitrogens with zero attached hydrogens (tertiary/aromatic N) is 2. The molecule has 0 bridgehead atoms. The summed E-state index contributed by atoms with van der Waals surface area (Å²) in [5, 5.41) is 2.23. The van der Waals surface area contributed by atoms with E-state index in [-0.39, 0.29) is 16.7 Å². The first-order chi connectivity index (χ1) is 11.8. The van der Waals surface area contributed by atoms with Crippen molar-refractivity contribution >= 4 is 22.6 Å². The number of fused-ring (bicyclic) bond motifs is 1. The lowest BCUT2D eigenvalue weighted by molar-refractivity contribution is -0.147. The van der Waals surface area contributed by atoms with Gasteiger partial charge >= 0.3 is 6.18 Å². The lowest BCUT2D eigenvalue weighted by atomic mass is 10.3. The van der Waals surface area contributed by atoms with Gasteiger partial charge in [-0.25, -0.2) is 13.8 Å². The minimum Gasteiger partial charge on any atom is -0.324 e. The molecule has 2 aromatic carbocycles. The summed E-state index contributed by atoms with van der Waals surface area (Å²) in [4.78, 5) is 15.6. The molecule has 3 aromatic rings. The van der Waals surface area contributed by atoms with E-state index in [0.29, 0.717) is 0 Å². The first kappa shape index (κ1) is 16.9. The van der Waals surface area contributed by atoms with Gasteiger partial charge in [0.15, 0.2) is 11.6 Å². The van der Waals surface area contributed by atoms with Gasteiger partial charge in [-0.1, -0.05) is 12.1 Å². The molecule has 1 aromatic heterocycles. The smallest absolute Gasteiger partial charge is 0.324 e. The Bertz CT molecular complexity index is 949. The van der Waals surface area contributed by atoms with Crippen molar-refractivity contribution in [1.29, 1.82) is 0 Å². The van der Waals surface area contributed by atoms with E-state index in [1.807, 2.05) is 0 Å². The van der Waals surface area contributed by atoms with Gasteiger partial charge in [-0.3, -0.25) is 4.79 Å². The van der Waals surface area contributed by atoms with E-state index < -0.39 is 36.1 Å². The third-order valence-electron chi connectivity index (χ3n) is 3.41.